The van der Waals surface area contributed by atoms with Crippen LogP contribution in [0, 0.1) is 6.07 Å². The molecular weight excluding hydrogens is 374 g/mol. The average molecular weight is 391 g/mol. The number of hydrogen-bond acceptors (Lipinski definition) is 4. The molecule has 1 heterocycles. The van der Waals surface area contributed by atoms with Crippen molar-refractivity contribution in [1.82, 2.24) is 14.9 Å². The van der Waals surface area contributed by atoms with Gasteiger partial charge in [-0.1, -0.05) is 70.7 Å². The smallest absolute Gasteiger partial charge is 0.105 e. The SMILES string of the molecule is Clc1c[c]c(-c2ccccc2)c(CNCc2ccc(-c3csnn3)cc2)c1. The number of nitrogens with one attached hydrogen (secondary N) is 1. The van der Waals surface area contributed by atoms with Crippen molar-refractivity contribution in [2.45, 2.75) is 13.1 Å². The predicted octanol–water partition coefficient (Wildman–Crippen LogP) is 5.62. The monoisotopic (exact) mass is 390 g/mol. The number of hydrogen-bond donors (Lipinski definition) is 1. The molecule has 3 aromatic carbocycles. The maximum absolute atomic E-state index is 6.20. The summed E-state index contributed by atoms with van der Waals surface area (Å²) in [5, 5.41) is 10.3. The van der Waals surface area contributed by atoms with E-state index in [1.54, 1.807) is 0 Å². The van der Waals surface area contributed by atoms with Gasteiger partial charge < -0.3 is 5.32 Å². The van der Waals surface area contributed by atoms with Crippen molar-refractivity contribution >= 4 is 23.1 Å². The molecule has 1 N–H and O–H groups in total. The molecule has 1 radical (unpaired) electrons. The van der Waals surface area contributed by atoms with Crippen molar-refractivity contribution in [2.75, 3.05) is 0 Å². The molecule has 0 fully saturated rings. The Hall–Kier alpha value is -2.53. The lowest BCUT2D eigenvalue weighted by molar-refractivity contribution is 0.694. The summed E-state index contributed by atoms with van der Waals surface area (Å²) in [5.41, 5.74) is 6.59. The average Bonchev–Trinajstić information content (AvgIpc) is 3.24. The second kappa shape index (κ2) is 8.44. The van der Waals surface area contributed by atoms with E-state index in [1.807, 2.05) is 35.7 Å². The van der Waals surface area contributed by atoms with Crippen molar-refractivity contribution in [3.8, 4) is 22.4 Å². The van der Waals surface area contributed by atoms with Crippen LogP contribution >= 0.6 is 23.1 Å². The van der Waals surface area contributed by atoms with Crippen LogP contribution in [0.3, 0.4) is 0 Å². The largest absolute Gasteiger partial charge is 0.309 e. The van der Waals surface area contributed by atoms with Crippen LogP contribution in [0.25, 0.3) is 22.4 Å². The fraction of sp³-hybridized carbons (Fsp3) is 0.0909. The topological polar surface area (TPSA) is 37.8 Å². The van der Waals surface area contributed by atoms with Gasteiger partial charge in [0.2, 0.25) is 0 Å². The predicted molar refractivity (Wildman–Crippen MR) is 112 cm³/mol. The molecule has 0 amide bonds. The highest BCUT2D eigenvalue weighted by atomic mass is 35.5. The van der Waals surface area contributed by atoms with Gasteiger partial charge in [-0.25, -0.2) is 0 Å². The van der Waals surface area contributed by atoms with Gasteiger partial charge in [-0.15, -0.1) is 5.10 Å². The Morgan fingerprint density at radius 3 is 2.52 bits per heavy atom. The molecule has 4 aromatic rings. The summed E-state index contributed by atoms with van der Waals surface area (Å²) < 4.78 is 3.91. The maximum Gasteiger partial charge on any atom is 0.105 e. The minimum absolute atomic E-state index is 0.702. The number of benzene rings is 3. The van der Waals surface area contributed by atoms with Crippen LogP contribution in [0.15, 0.2) is 72.1 Å². The Kier molecular flexibility index (Phi) is 5.58. The summed E-state index contributed by atoms with van der Waals surface area (Å²) in [6.07, 6.45) is 0. The Bertz CT molecular complexity index is 1000. The first-order valence-electron chi connectivity index (χ1n) is 8.62. The van der Waals surface area contributed by atoms with E-state index >= 15 is 0 Å². The molecule has 0 aliphatic heterocycles. The van der Waals surface area contributed by atoms with E-state index < -0.39 is 0 Å². The van der Waals surface area contributed by atoms with Crippen molar-refractivity contribution in [2.24, 2.45) is 0 Å². The van der Waals surface area contributed by atoms with E-state index in [4.69, 9.17) is 11.6 Å². The molecule has 0 bridgehead atoms. The summed E-state index contributed by atoms with van der Waals surface area (Å²) in [6, 6.07) is 25.8. The molecule has 0 saturated heterocycles. The number of rotatable bonds is 6. The van der Waals surface area contributed by atoms with Crippen molar-refractivity contribution < 1.29 is 0 Å². The van der Waals surface area contributed by atoms with E-state index in [0.29, 0.717) is 5.02 Å². The van der Waals surface area contributed by atoms with Gasteiger partial charge in [-0.3, -0.25) is 0 Å². The fourth-order valence-electron chi connectivity index (χ4n) is 2.95. The van der Waals surface area contributed by atoms with Crippen LogP contribution in [0.1, 0.15) is 11.1 Å². The van der Waals surface area contributed by atoms with Crippen LogP contribution in [0.4, 0.5) is 0 Å². The second-order valence-corrected chi connectivity index (χ2v) is 7.22. The molecule has 5 heteroatoms. The van der Waals surface area contributed by atoms with Crippen LogP contribution < -0.4 is 5.32 Å². The zero-order valence-electron chi connectivity index (χ0n) is 14.5. The Labute approximate surface area is 167 Å². The van der Waals surface area contributed by atoms with Crippen LogP contribution in [0.2, 0.25) is 5.02 Å². The molecule has 0 unspecified atom stereocenters. The minimum atomic E-state index is 0.702. The molecule has 0 saturated carbocycles. The van der Waals surface area contributed by atoms with Gasteiger partial charge in [0.15, 0.2) is 0 Å². The number of aromatic nitrogens is 2. The lowest BCUT2D eigenvalue weighted by Crippen LogP contribution is -2.13. The summed E-state index contributed by atoms with van der Waals surface area (Å²) in [6.45, 7) is 1.50. The Morgan fingerprint density at radius 1 is 0.963 bits per heavy atom. The summed E-state index contributed by atoms with van der Waals surface area (Å²) in [7, 11) is 0. The molecule has 0 aliphatic carbocycles. The molecule has 0 aliphatic rings. The summed E-state index contributed by atoms with van der Waals surface area (Å²) in [4.78, 5) is 0. The van der Waals surface area contributed by atoms with Crippen molar-refractivity contribution in [1.29, 1.82) is 0 Å². The lowest BCUT2D eigenvalue weighted by atomic mass is 9.99. The van der Waals surface area contributed by atoms with Crippen molar-refractivity contribution in [3.05, 3.63) is 94.3 Å². The van der Waals surface area contributed by atoms with E-state index in [9.17, 15) is 0 Å². The fourth-order valence-corrected chi connectivity index (χ4v) is 3.60. The third-order valence-electron chi connectivity index (χ3n) is 4.30. The van der Waals surface area contributed by atoms with Gasteiger partial charge in [0.25, 0.3) is 0 Å². The third-order valence-corrected chi connectivity index (χ3v) is 5.03. The first-order valence-corrected chi connectivity index (χ1v) is 9.84. The second-order valence-electron chi connectivity index (χ2n) is 6.17. The Morgan fingerprint density at radius 2 is 1.78 bits per heavy atom. The van der Waals surface area contributed by atoms with Crippen LogP contribution in [0.5, 0.6) is 0 Å². The van der Waals surface area contributed by atoms with E-state index in [0.717, 1.165) is 41.0 Å². The molecule has 4 rings (SSSR count). The molecule has 1 aromatic heterocycles. The van der Waals surface area contributed by atoms with E-state index in [1.165, 1.54) is 17.1 Å². The van der Waals surface area contributed by atoms with Gasteiger partial charge in [-0.05, 0) is 52.0 Å². The zero-order chi connectivity index (χ0) is 18.5. The molecule has 27 heavy (non-hydrogen) atoms. The number of halogens is 1. The summed E-state index contributed by atoms with van der Waals surface area (Å²) >= 11 is 7.56. The minimum Gasteiger partial charge on any atom is -0.309 e. The highest BCUT2D eigenvalue weighted by Gasteiger charge is 2.07. The van der Waals surface area contributed by atoms with E-state index in [-0.39, 0.29) is 0 Å². The van der Waals surface area contributed by atoms with Gasteiger partial charge in [0.1, 0.15) is 5.69 Å². The van der Waals surface area contributed by atoms with Gasteiger partial charge in [-0.2, -0.15) is 0 Å². The quantitative estimate of drug-likeness (QED) is 0.464. The van der Waals surface area contributed by atoms with E-state index in [2.05, 4.69) is 57.4 Å². The highest BCUT2D eigenvalue weighted by Crippen LogP contribution is 2.26. The maximum atomic E-state index is 6.20. The molecule has 3 nitrogen and oxygen atoms in total. The lowest BCUT2D eigenvalue weighted by Gasteiger charge is -2.12. The van der Waals surface area contributed by atoms with Crippen LogP contribution in [-0.4, -0.2) is 9.59 Å². The molecule has 0 atom stereocenters. The van der Waals surface area contributed by atoms with Crippen LogP contribution in [-0.2, 0) is 13.1 Å². The van der Waals surface area contributed by atoms with Gasteiger partial charge in [0.05, 0.1) is 0 Å². The van der Waals surface area contributed by atoms with Crippen molar-refractivity contribution in [3.63, 3.8) is 0 Å². The van der Waals surface area contributed by atoms with Gasteiger partial charge >= 0.3 is 0 Å². The summed E-state index contributed by atoms with van der Waals surface area (Å²) in [5.74, 6) is 0. The molecule has 133 valence electrons. The standard InChI is InChI=1S/C22H17ClN3S/c23-20-10-11-21(17-4-2-1-3-5-17)19(12-20)14-24-13-16-6-8-18(9-7-16)22-15-27-26-25-22/h1-10,12,15,24H,13-14H2. The third kappa shape index (κ3) is 4.42. The van der Waals surface area contributed by atoms with Gasteiger partial charge in [0, 0.05) is 29.1 Å². The first kappa shape index (κ1) is 17.9. The Balaban J connectivity index is 1.44. The zero-order valence-corrected chi connectivity index (χ0v) is 16.1. The number of nitrogens with zero attached hydrogens (tertiary/aromatic N) is 2. The normalized spacial score (nSPS) is 10.9. The molecule has 0 spiro atoms. The highest BCUT2D eigenvalue weighted by molar-refractivity contribution is 7.03. The molecular formula is C22H17ClN3S. The first-order chi connectivity index (χ1) is 13.3.